The fourth-order valence-corrected chi connectivity index (χ4v) is 1.90. The van der Waals surface area contributed by atoms with Crippen LogP contribution in [0.5, 0.6) is 0 Å². The molecule has 2 atom stereocenters. The Morgan fingerprint density at radius 3 is 2.19 bits per heavy atom. The fraction of sp³-hybridized carbons (Fsp3) is 0.462. The Bertz CT molecular complexity index is 350. The van der Waals surface area contributed by atoms with E-state index in [1.165, 1.54) is 11.1 Å². The molecule has 1 aliphatic heterocycles. The molecule has 0 radical (unpaired) electrons. The second-order valence-electron chi connectivity index (χ2n) is 4.12. The molecule has 16 heavy (non-hydrogen) atoms. The first-order chi connectivity index (χ1) is 7.69. The standard InChI is InChI=1S/C12H16O.CO2/c1-9-3-5-11(6-4-9)12-8-13-7-10(12)2;2-1-3/h3-6,10,12H,7-8H2,1-2H3;/t10-,12+;/m0./s1. The largest absolute Gasteiger partial charge is 0.381 e. The number of hydrogen-bond donors (Lipinski definition) is 0. The SMILES string of the molecule is Cc1ccc([C@@H]2COC[C@@H]2C)cc1.O=C=O. The zero-order valence-electron chi connectivity index (χ0n) is 9.60. The zero-order valence-corrected chi connectivity index (χ0v) is 9.60. The van der Waals surface area contributed by atoms with Gasteiger partial charge in [0.25, 0.3) is 0 Å². The van der Waals surface area contributed by atoms with Crippen LogP contribution in [-0.2, 0) is 14.3 Å². The van der Waals surface area contributed by atoms with Gasteiger partial charge in [-0.25, -0.2) is 0 Å². The summed E-state index contributed by atoms with van der Waals surface area (Å²) in [6, 6.07) is 8.82. The zero-order chi connectivity index (χ0) is 12.0. The van der Waals surface area contributed by atoms with E-state index in [2.05, 4.69) is 38.1 Å². The van der Waals surface area contributed by atoms with Crippen molar-refractivity contribution in [1.29, 1.82) is 0 Å². The quantitative estimate of drug-likeness (QED) is 0.728. The number of carbonyl (C=O) groups excluding carboxylic acids is 2. The van der Waals surface area contributed by atoms with Crippen molar-refractivity contribution >= 4 is 6.15 Å². The third kappa shape index (κ3) is 3.30. The van der Waals surface area contributed by atoms with Crippen molar-refractivity contribution in [2.24, 2.45) is 5.92 Å². The van der Waals surface area contributed by atoms with E-state index in [9.17, 15) is 0 Å². The summed E-state index contributed by atoms with van der Waals surface area (Å²) >= 11 is 0. The molecule has 1 aliphatic rings. The summed E-state index contributed by atoms with van der Waals surface area (Å²) in [5.74, 6) is 1.28. The molecule has 2 rings (SSSR count). The number of rotatable bonds is 1. The van der Waals surface area contributed by atoms with Crippen LogP contribution in [0.1, 0.15) is 24.0 Å². The van der Waals surface area contributed by atoms with Crippen molar-refractivity contribution in [2.75, 3.05) is 13.2 Å². The van der Waals surface area contributed by atoms with Crippen molar-refractivity contribution in [2.45, 2.75) is 19.8 Å². The molecule has 0 N–H and O–H groups in total. The van der Waals surface area contributed by atoms with Crippen LogP contribution in [0.4, 0.5) is 0 Å². The fourth-order valence-electron chi connectivity index (χ4n) is 1.90. The molecule has 0 saturated carbocycles. The lowest BCUT2D eigenvalue weighted by Crippen LogP contribution is -2.06. The maximum Gasteiger partial charge on any atom is 0.373 e. The highest BCUT2D eigenvalue weighted by Gasteiger charge is 2.25. The molecule has 1 heterocycles. The topological polar surface area (TPSA) is 43.4 Å². The van der Waals surface area contributed by atoms with E-state index in [1.807, 2.05) is 0 Å². The summed E-state index contributed by atoms with van der Waals surface area (Å²) in [7, 11) is 0. The Kier molecular flexibility index (Phi) is 4.90. The molecule has 0 aromatic heterocycles. The van der Waals surface area contributed by atoms with Gasteiger partial charge in [-0.1, -0.05) is 36.8 Å². The molecule has 3 nitrogen and oxygen atoms in total. The average molecular weight is 220 g/mol. The average Bonchev–Trinajstić information content (AvgIpc) is 2.67. The maximum atomic E-state index is 8.12. The van der Waals surface area contributed by atoms with Crippen molar-refractivity contribution in [3.05, 3.63) is 35.4 Å². The van der Waals surface area contributed by atoms with E-state index in [0.29, 0.717) is 11.8 Å². The smallest absolute Gasteiger partial charge is 0.373 e. The molecule has 0 unspecified atom stereocenters. The summed E-state index contributed by atoms with van der Waals surface area (Å²) in [5.41, 5.74) is 2.76. The van der Waals surface area contributed by atoms with Crippen molar-refractivity contribution in [1.82, 2.24) is 0 Å². The molecule has 0 spiro atoms. The molecule has 0 bridgehead atoms. The maximum absolute atomic E-state index is 8.12. The molecule has 86 valence electrons. The predicted octanol–water partition coefficient (Wildman–Crippen LogP) is 2.16. The van der Waals surface area contributed by atoms with Gasteiger partial charge in [-0.3, -0.25) is 0 Å². The van der Waals surface area contributed by atoms with Crippen LogP contribution < -0.4 is 0 Å². The van der Waals surface area contributed by atoms with Gasteiger partial charge < -0.3 is 4.74 Å². The number of benzene rings is 1. The molecule has 3 heteroatoms. The lowest BCUT2D eigenvalue weighted by molar-refractivity contribution is -0.191. The lowest BCUT2D eigenvalue weighted by atomic mass is 9.90. The first-order valence-electron chi connectivity index (χ1n) is 5.32. The van der Waals surface area contributed by atoms with Crippen LogP contribution in [0.3, 0.4) is 0 Å². The molecule has 0 aliphatic carbocycles. The predicted molar refractivity (Wildman–Crippen MR) is 58.9 cm³/mol. The molecular formula is C13H16O3. The number of aryl methyl sites for hydroxylation is 1. The van der Waals surface area contributed by atoms with Crippen LogP contribution >= 0.6 is 0 Å². The first-order valence-corrected chi connectivity index (χ1v) is 5.32. The van der Waals surface area contributed by atoms with Crippen molar-refractivity contribution in [3.8, 4) is 0 Å². The normalized spacial score (nSPS) is 23.1. The monoisotopic (exact) mass is 220 g/mol. The van der Waals surface area contributed by atoms with E-state index in [4.69, 9.17) is 14.3 Å². The lowest BCUT2D eigenvalue weighted by Gasteiger charge is -2.13. The van der Waals surface area contributed by atoms with E-state index < -0.39 is 0 Å². The Morgan fingerprint density at radius 2 is 1.75 bits per heavy atom. The van der Waals surface area contributed by atoms with Gasteiger partial charge in [0.15, 0.2) is 0 Å². The Labute approximate surface area is 95.4 Å². The van der Waals surface area contributed by atoms with Gasteiger partial charge >= 0.3 is 6.15 Å². The summed E-state index contributed by atoms with van der Waals surface area (Å²) in [4.78, 5) is 16.2. The molecule has 0 amide bonds. The summed E-state index contributed by atoms with van der Waals surface area (Å²) in [6.45, 7) is 6.19. The molecule has 1 fully saturated rings. The minimum Gasteiger partial charge on any atom is -0.381 e. The molecular weight excluding hydrogens is 204 g/mol. The van der Waals surface area contributed by atoms with Crippen LogP contribution in [0.15, 0.2) is 24.3 Å². The summed E-state index contributed by atoms with van der Waals surface area (Å²) in [5, 5.41) is 0. The highest BCUT2D eigenvalue weighted by Crippen LogP contribution is 2.30. The van der Waals surface area contributed by atoms with E-state index in [-0.39, 0.29) is 6.15 Å². The Hall–Kier alpha value is -1.44. The van der Waals surface area contributed by atoms with Gasteiger partial charge in [-0.2, -0.15) is 9.59 Å². The van der Waals surface area contributed by atoms with Crippen LogP contribution in [0, 0.1) is 12.8 Å². The molecule has 1 saturated heterocycles. The second-order valence-corrected chi connectivity index (χ2v) is 4.12. The third-order valence-electron chi connectivity index (χ3n) is 2.87. The molecule has 1 aromatic rings. The number of ether oxygens (including phenoxy) is 1. The van der Waals surface area contributed by atoms with Crippen LogP contribution in [-0.4, -0.2) is 19.4 Å². The highest BCUT2D eigenvalue weighted by atomic mass is 16.5. The van der Waals surface area contributed by atoms with E-state index in [0.717, 1.165) is 13.2 Å². The van der Waals surface area contributed by atoms with Gasteiger partial charge in [0.1, 0.15) is 0 Å². The summed E-state index contributed by atoms with van der Waals surface area (Å²) < 4.78 is 5.45. The Balaban J connectivity index is 0.000000386. The van der Waals surface area contributed by atoms with Gasteiger partial charge in [-0.05, 0) is 18.4 Å². The number of hydrogen-bond acceptors (Lipinski definition) is 3. The Morgan fingerprint density at radius 1 is 1.19 bits per heavy atom. The van der Waals surface area contributed by atoms with Crippen LogP contribution in [0.2, 0.25) is 0 Å². The van der Waals surface area contributed by atoms with E-state index in [1.54, 1.807) is 0 Å². The minimum atomic E-state index is 0.250. The van der Waals surface area contributed by atoms with E-state index >= 15 is 0 Å². The highest BCUT2D eigenvalue weighted by molar-refractivity contribution is 5.25. The third-order valence-corrected chi connectivity index (χ3v) is 2.87. The van der Waals surface area contributed by atoms with Crippen LogP contribution in [0.25, 0.3) is 0 Å². The molecule has 1 aromatic carbocycles. The minimum absolute atomic E-state index is 0.250. The van der Waals surface area contributed by atoms with Gasteiger partial charge in [0, 0.05) is 12.5 Å². The first kappa shape index (κ1) is 12.6. The second kappa shape index (κ2) is 6.21. The van der Waals surface area contributed by atoms with Gasteiger partial charge in [0.2, 0.25) is 0 Å². The summed E-state index contributed by atoms with van der Waals surface area (Å²) in [6.07, 6.45) is 0.250. The van der Waals surface area contributed by atoms with Crippen molar-refractivity contribution < 1.29 is 14.3 Å². The van der Waals surface area contributed by atoms with Crippen molar-refractivity contribution in [3.63, 3.8) is 0 Å². The van der Waals surface area contributed by atoms with Gasteiger partial charge in [-0.15, -0.1) is 0 Å². The van der Waals surface area contributed by atoms with Gasteiger partial charge in [0.05, 0.1) is 6.61 Å².